The first-order chi connectivity index (χ1) is 10.3. The Labute approximate surface area is 137 Å². The van der Waals surface area contributed by atoms with Crippen LogP contribution in [0.25, 0.3) is 6.08 Å². The molecule has 0 spiro atoms. The van der Waals surface area contributed by atoms with Crippen LogP contribution in [-0.4, -0.2) is 0 Å². The summed E-state index contributed by atoms with van der Waals surface area (Å²) in [6.45, 7) is 6.23. The van der Waals surface area contributed by atoms with Gasteiger partial charge in [-0.3, -0.25) is 0 Å². The monoisotopic (exact) mass is 342 g/mol. The number of hydrogen-bond acceptors (Lipinski definition) is 0. The Morgan fingerprint density at radius 1 is 1.14 bits per heavy atom. The normalized spacial score (nSPS) is 12.1. The number of alkyl halides is 1. The summed E-state index contributed by atoms with van der Waals surface area (Å²) in [6.07, 6.45) is 5.63. The number of rotatable bonds is 7. The average molecular weight is 343 g/mol. The Morgan fingerprint density at radius 2 is 1.95 bits per heavy atom. The standard InChI is InChI=1S/C20H23Br/c1-3-5-12-20(18-11-8-9-16(14-18)15-21)19-13-7-6-10-17(19)4-2/h4,6-11,13-14,20H,2-3,5,12,15H2,1H3. The number of benzene rings is 2. The van der Waals surface area contributed by atoms with E-state index in [1.165, 1.54) is 41.5 Å². The van der Waals surface area contributed by atoms with E-state index in [9.17, 15) is 0 Å². The van der Waals surface area contributed by atoms with Gasteiger partial charge in [0.05, 0.1) is 0 Å². The van der Waals surface area contributed by atoms with E-state index in [4.69, 9.17) is 0 Å². The number of hydrogen-bond donors (Lipinski definition) is 0. The maximum Gasteiger partial charge on any atom is 0.0283 e. The number of unbranched alkanes of at least 4 members (excludes halogenated alkanes) is 1. The van der Waals surface area contributed by atoms with Crippen molar-refractivity contribution >= 4 is 22.0 Å². The molecule has 2 aromatic carbocycles. The van der Waals surface area contributed by atoms with E-state index in [-0.39, 0.29) is 0 Å². The van der Waals surface area contributed by atoms with Crippen LogP contribution in [0.5, 0.6) is 0 Å². The van der Waals surface area contributed by atoms with Crippen LogP contribution in [0.2, 0.25) is 0 Å². The summed E-state index contributed by atoms with van der Waals surface area (Å²) in [5.74, 6) is 0.457. The minimum absolute atomic E-state index is 0.457. The lowest BCUT2D eigenvalue weighted by molar-refractivity contribution is 0.649. The zero-order valence-electron chi connectivity index (χ0n) is 12.7. The number of halogens is 1. The molecule has 1 atom stereocenters. The van der Waals surface area contributed by atoms with E-state index >= 15 is 0 Å². The van der Waals surface area contributed by atoms with Crippen molar-refractivity contribution in [1.82, 2.24) is 0 Å². The predicted molar refractivity (Wildman–Crippen MR) is 97.0 cm³/mol. The maximum atomic E-state index is 3.97. The Kier molecular flexibility index (Phi) is 6.25. The smallest absolute Gasteiger partial charge is 0.0283 e. The molecule has 0 aliphatic heterocycles. The summed E-state index contributed by atoms with van der Waals surface area (Å²) in [5.41, 5.74) is 5.40. The molecule has 1 unspecified atom stereocenters. The fraction of sp³-hybridized carbons (Fsp3) is 0.300. The van der Waals surface area contributed by atoms with E-state index in [0.29, 0.717) is 5.92 Å². The molecule has 0 N–H and O–H groups in total. The highest BCUT2D eigenvalue weighted by Gasteiger charge is 2.16. The first-order valence-corrected chi connectivity index (χ1v) is 8.78. The first-order valence-electron chi connectivity index (χ1n) is 7.66. The zero-order valence-corrected chi connectivity index (χ0v) is 14.3. The Balaban J connectivity index is 2.44. The van der Waals surface area contributed by atoms with Crippen molar-refractivity contribution in [3.8, 4) is 0 Å². The topological polar surface area (TPSA) is 0 Å². The molecule has 0 aromatic heterocycles. The molecule has 0 bridgehead atoms. The van der Waals surface area contributed by atoms with Crippen molar-refractivity contribution < 1.29 is 0 Å². The van der Waals surface area contributed by atoms with Crippen LogP contribution in [0, 0.1) is 0 Å². The van der Waals surface area contributed by atoms with Gasteiger partial charge in [0.1, 0.15) is 0 Å². The van der Waals surface area contributed by atoms with Gasteiger partial charge in [-0.25, -0.2) is 0 Å². The van der Waals surface area contributed by atoms with Crippen LogP contribution in [0.4, 0.5) is 0 Å². The van der Waals surface area contributed by atoms with Crippen LogP contribution in [0.15, 0.2) is 55.1 Å². The molecule has 0 heterocycles. The minimum Gasteiger partial charge on any atom is -0.0985 e. The summed E-state index contributed by atoms with van der Waals surface area (Å²) in [4.78, 5) is 0. The highest BCUT2D eigenvalue weighted by molar-refractivity contribution is 9.08. The molecule has 0 aliphatic carbocycles. The van der Waals surface area contributed by atoms with E-state index < -0.39 is 0 Å². The van der Waals surface area contributed by atoms with E-state index in [1.54, 1.807) is 0 Å². The van der Waals surface area contributed by atoms with Gasteiger partial charge in [-0.15, -0.1) is 0 Å². The first kappa shape index (κ1) is 16.0. The molecule has 21 heavy (non-hydrogen) atoms. The van der Waals surface area contributed by atoms with Gasteiger partial charge >= 0.3 is 0 Å². The minimum atomic E-state index is 0.457. The van der Waals surface area contributed by atoms with Crippen molar-refractivity contribution in [3.63, 3.8) is 0 Å². The van der Waals surface area contributed by atoms with Gasteiger partial charge in [-0.2, -0.15) is 0 Å². The predicted octanol–water partition coefficient (Wildman–Crippen LogP) is 6.55. The third-order valence-electron chi connectivity index (χ3n) is 3.95. The van der Waals surface area contributed by atoms with Crippen molar-refractivity contribution in [2.75, 3.05) is 0 Å². The third-order valence-corrected chi connectivity index (χ3v) is 4.59. The molecule has 0 nitrogen and oxygen atoms in total. The Morgan fingerprint density at radius 3 is 2.67 bits per heavy atom. The van der Waals surface area contributed by atoms with Gasteiger partial charge < -0.3 is 0 Å². The average Bonchev–Trinajstić information content (AvgIpc) is 2.56. The van der Waals surface area contributed by atoms with Crippen LogP contribution in [0.3, 0.4) is 0 Å². The highest BCUT2D eigenvalue weighted by Crippen LogP contribution is 2.33. The molecule has 110 valence electrons. The van der Waals surface area contributed by atoms with E-state index in [1.807, 2.05) is 6.08 Å². The SMILES string of the molecule is C=Cc1ccccc1C(CCCC)c1cccc(CBr)c1. The quantitative estimate of drug-likeness (QED) is 0.500. The van der Waals surface area contributed by atoms with Crippen molar-refractivity contribution in [3.05, 3.63) is 77.4 Å². The zero-order chi connectivity index (χ0) is 15.1. The van der Waals surface area contributed by atoms with Gasteiger partial charge in [0.2, 0.25) is 0 Å². The molecule has 2 aromatic rings. The van der Waals surface area contributed by atoms with Crippen molar-refractivity contribution in [2.45, 2.75) is 37.4 Å². The summed E-state index contributed by atoms with van der Waals surface area (Å²) in [5, 5.41) is 0.907. The van der Waals surface area contributed by atoms with E-state index in [2.05, 4.69) is 78.0 Å². The van der Waals surface area contributed by atoms with Gasteiger partial charge in [-0.05, 0) is 28.7 Å². The van der Waals surface area contributed by atoms with Crippen molar-refractivity contribution in [1.29, 1.82) is 0 Å². The summed E-state index contributed by atoms with van der Waals surface area (Å²) in [6, 6.07) is 17.6. The van der Waals surface area contributed by atoms with E-state index in [0.717, 1.165) is 5.33 Å². The van der Waals surface area contributed by atoms with Crippen LogP contribution in [0.1, 0.15) is 54.4 Å². The molecule has 1 heteroatoms. The highest BCUT2D eigenvalue weighted by atomic mass is 79.9. The molecule has 2 rings (SSSR count). The molecular weight excluding hydrogens is 320 g/mol. The molecule has 0 amide bonds. The van der Waals surface area contributed by atoms with Gasteiger partial charge in [0.25, 0.3) is 0 Å². The van der Waals surface area contributed by atoms with Crippen LogP contribution >= 0.6 is 15.9 Å². The molecular formula is C20H23Br. The van der Waals surface area contributed by atoms with Crippen LogP contribution < -0.4 is 0 Å². The van der Waals surface area contributed by atoms with Gasteiger partial charge in [-0.1, -0.05) is 96.9 Å². The summed E-state index contributed by atoms with van der Waals surface area (Å²) in [7, 11) is 0. The van der Waals surface area contributed by atoms with Crippen LogP contribution in [-0.2, 0) is 5.33 Å². The largest absolute Gasteiger partial charge is 0.0985 e. The second-order valence-corrected chi connectivity index (χ2v) is 5.97. The molecule has 0 aliphatic rings. The maximum absolute atomic E-state index is 3.97. The molecule has 0 fully saturated rings. The van der Waals surface area contributed by atoms with Gasteiger partial charge in [0.15, 0.2) is 0 Å². The Bertz CT molecular complexity index is 586. The second-order valence-electron chi connectivity index (χ2n) is 5.41. The molecule has 0 saturated heterocycles. The third kappa shape index (κ3) is 4.07. The fourth-order valence-electron chi connectivity index (χ4n) is 2.82. The van der Waals surface area contributed by atoms with Crippen molar-refractivity contribution in [2.24, 2.45) is 0 Å². The molecule has 0 radical (unpaired) electrons. The fourth-order valence-corrected chi connectivity index (χ4v) is 3.17. The Hall–Kier alpha value is -1.34. The summed E-state index contributed by atoms with van der Waals surface area (Å²) < 4.78 is 0. The second kappa shape index (κ2) is 8.19. The lowest BCUT2D eigenvalue weighted by Crippen LogP contribution is -2.04. The van der Waals surface area contributed by atoms with Gasteiger partial charge in [0, 0.05) is 11.2 Å². The lowest BCUT2D eigenvalue weighted by atomic mass is 9.84. The lowest BCUT2D eigenvalue weighted by Gasteiger charge is -2.20. The molecule has 0 saturated carbocycles. The summed E-state index contributed by atoms with van der Waals surface area (Å²) >= 11 is 3.56.